The van der Waals surface area contributed by atoms with Gasteiger partial charge in [0, 0.05) is 30.6 Å². The molecular weight excluding hydrogens is 237 g/mol. The Labute approximate surface area is 102 Å². The Morgan fingerprint density at radius 2 is 2.00 bits per heavy atom. The highest BCUT2D eigenvalue weighted by atomic mass is 19.1. The first-order valence-corrected chi connectivity index (χ1v) is 5.30. The van der Waals surface area contributed by atoms with E-state index in [0.29, 0.717) is 0 Å². The van der Waals surface area contributed by atoms with E-state index in [9.17, 15) is 14.0 Å². The van der Waals surface area contributed by atoms with Gasteiger partial charge in [-0.2, -0.15) is 0 Å². The van der Waals surface area contributed by atoms with Crippen molar-refractivity contribution in [2.24, 2.45) is 7.05 Å². The number of aromatic nitrogens is 2. The molecule has 0 saturated carbocycles. The highest BCUT2D eigenvalue weighted by Crippen LogP contribution is 2.15. The Balaban J connectivity index is 2.57. The predicted octanol–water partition coefficient (Wildman–Crippen LogP) is 0.317. The average molecular weight is 249 g/mol. The van der Waals surface area contributed by atoms with Gasteiger partial charge in [0.2, 0.25) is 0 Å². The van der Waals surface area contributed by atoms with E-state index in [1.54, 1.807) is 0 Å². The summed E-state index contributed by atoms with van der Waals surface area (Å²) in [4.78, 5) is 23.4. The zero-order valence-corrected chi connectivity index (χ0v) is 9.76. The number of nitrogens with two attached hydrogens (primary N) is 1. The first-order chi connectivity index (χ1) is 8.50. The summed E-state index contributed by atoms with van der Waals surface area (Å²) in [6, 6.07) is 5.49. The molecule has 0 fully saturated rings. The van der Waals surface area contributed by atoms with Gasteiger partial charge in [0.05, 0.1) is 6.54 Å². The molecule has 2 N–H and O–H groups in total. The predicted molar refractivity (Wildman–Crippen MR) is 65.9 cm³/mol. The Bertz CT molecular complexity index is 683. The van der Waals surface area contributed by atoms with Gasteiger partial charge in [-0.3, -0.25) is 9.36 Å². The molecule has 0 radical (unpaired) electrons. The molecule has 0 unspecified atom stereocenters. The second-order valence-corrected chi connectivity index (χ2v) is 3.94. The van der Waals surface area contributed by atoms with Crippen LogP contribution in [0.2, 0.25) is 0 Å². The summed E-state index contributed by atoms with van der Waals surface area (Å²) in [6.07, 6.45) is 1.37. The number of nitrogen functional groups attached to an aromatic ring is 1. The summed E-state index contributed by atoms with van der Waals surface area (Å²) in [5.74, 6) is -0.534. The number of rotatable bonds is 2. The smallest absolute Gasteiger partial charge is 0.331 e. The van der Waals surface area contributed by atoms with E-state index in [1.807, 2.05) is 0 Å². The molecule has 18 heavy (non-hydrogen) atoms. The summed E-state index contributed by atoms with van der Waals surface area (Å²) in [7, 11) is 1.52. The molecule has 1 heterocycles. The quantitative estimate of drug-likeness (QED) is 0.779. The molecule has 5 nitrogen and oxygen atoms in total. The zero-order valence-electron chi connectivity index (χ0n) is 9.76. The van der Waals surface area contributed by atoms with Crippen LogP contribution in [0.25, 0.3) is 0 Å². The molecule has 0 atom stereocenters. The van der Waals surface area contributed by atoms with Crippen molar-refractivity contribution in [1.29, 1.82) is 0 Å². The lowest BCUT2D eigenvalue weighted by Crippen LogP contribution is -2.38. The van der Waals surface area contributed by atoms with Crippen LogP contribution in [0.4, 0.5) is 10.1 Å². The second-order valence-electron chi connectivity index (χ2n) is 3.94. The minimum Gasteiger partial charge on any atom is -0.398 e. The number of aryl methyl sites for hydroxylation is 1. The Hall–Kier alpha value is -2.37. The standard InChI is InChI=1S/C12H12FN3O2/c1-15-6-5-11(17)16(12(15)18)7-8-9(13)3-2-4-10(8)14/h2-6H,7,14H2,1H3. The SMILES string of the molecule is Cn1ccc(=O)n(Cc2c(N)cccc2F)c1=O. The third kappa shape index (κ3) is 2.04. The number of hydrogen-bond acceptors (Lipinski definition) is 3. The fraction of sp³-hybridized carbons (Fsp3) is 0.167. The molecule has 0 aliphatic carbocycles. The molecule has 0 saturated heterocycles. The first kappa shape index (κ1) is 12.1. The topological polar surface area (TPSA) is 70.0 Å². The van der Waals surface area contributed by atoms with Crippen LogP contribution in [-0.2, 0) is 13.6 Å². The number of halogens is 1. The summed E-state index contributed by atoms with van der Waals surface area (Å²) in [6.45, 7) is -0.176. The van der Waals surface area contributed by atoms with Gasteiger partial charge >= 0.3 is 5.69 Å². The van der Waals surface area contributed by atoms with E-state index in [4.69, 9.17) is 5.73 Å². The van der Waals surface area contributed by atoms with Gasteiger partial charge in [-0.25, -0.2) is 9.18 Å². The van der Waals surface area contributed by atoms with Crippen molar-refractivity contribution >= 4 is 5.69 Å². The Morgan fingerprint density at radius 3 is 2.67 bits per heavy atom. The molecular formula is C12H12FN3O2. The monoisotopic (exact) mass is 249 g/mol. The van der Waals surface area contributed by atoms with E-state index < -0.39 is 17.1 Å². The molecule has 0 aliphatic heterocycles. The van der Waals surface area contributed by atoms with Gasteiger partial charge in [0.1, 0.15) is 5.82 Å². The third-order valence-electron chi connectivity index (χ3n) is 2.71. The maximum absolute atomic E-state index is 13.6. The molecule has 1 aromatic carbocycles. The summed E-state index contributed by atoms with van der Waals surface area (Å²) in [5.41, 5.74) is 5.01. The van der Waals surface area contributed by atoms with Crippen molar-refractivity contribution in [2.45, 2.75) is 6.54 Å². The third-order valence-corrected chi connectivity index (χ3v) is 2.71. The molecule has 1 aromatic heterocycles. The molecule has 0 amide bonds. The van der Waals surface area contributed by atoms with Crippen LogP contribution in [-0.4, -0.2) is 9.13 Å². The highest BCUT2D eigenvalue weighted by molar-refractivity contribution is 5.47. The van der Waals surface area contributed by atoms with Crippen molar-refractivity contribution in [1.82, 2.24) is 9.13 Å². The highest BCUT2D eigenvalue weighted by Gasteiger charge is 2.10. The Morgan fingerprint density at radius 1 is 1.28 bits per heavy atom. The zero-order chi connectivity index (χ0) is 13.3. The molecule has 0 bridgehead atoms. The average Bonchev–Trinajstić information content (AvgIpc) is 2.33. The van der Waals surface area contributed by atoms with Crippen LogP contribution in [0, 0.1) is 5.82 Å². The van der Waals surface area contributed by atoms with Gasteiger partial charge in [-0.1, -0.05) is 6.07 Å². The van der Waals surface area contributed by atoms with Gasteiger partial charge < -0.3 is 10.3 Å². The van der Waals surface area contributed by atoms with Crippen LogP contribution < -0.4 is 17.0 Å². The maximum atomic E-state index is 13.6. The first-order valence-electron chi connectivity index (χ1n) is 5.30. The molecule has 2 aromatic rings. The number of hydrogen-bond donors (Lipinski definition) is 1. The summed E-state index contributed by atoms with van der Waals surface area (Å²) in [5, 5.41) is 0. The molecule has 0 spiro atoms. The van der Waals surface area contributed by atoms with Crippen LogP contribution in [0.5, 0.6) is 0 Å². The number of anilines is 1. The van der Waals surface area contributed by atoms with E-state index >= 15 is 0 Å². The minimum absolute atomic E-state index is 0.142. The van der Waals surface area contributed by atoms with Gasteiger partial charge in [-0.15, -0.1) is 0 Å². The largest absolute Gasteiger partial charge is 0.398 e. The molecule has 2 rings (SSSR count). The Kier molecular flexibility index (Phi) is 3.01. The van der Waals surface area contributed by atoms with E-state index in [2.05, 4.69) is 0 Å². The van der Waals surface area contributed by atoms with E-state index in [0.717, 1.165) is 4.57 Å². The van der Waals surface area contributed by atoms with Crippen molar-refractivity contribution in [3.05, 3.63) is 62.7 Å². The summed E-state index contributed by atoms with van der Waals surface area (Å²) >= 11 is 0. The number of benzene rings is 1. The normalized spacial score (nSPS) is 10.6. The fourth-order valence-electron chi connectivity index (χ4n) is 1.66. The van der Waals surface area contributed by atoms with Crippen LogP contribution >= 0.6 is 0 Å². The van der Waals surface area contributed by atoms with Crippen molar-refractivity contribution in [3.63, 3.8) is 0 Å². The maximum Gasteiger partial charge on any atom is 0.331 e. The van der Waals surface area contributed by atoms with E-state index in [1.165, 1.54) is 42.1 Å². The van der Waals surface area contributed by atoms with Gasteiger partial charge in [-0.05, 0) is 12.1 Å². The van der Waals surface area contributed by atoms with Crippen molar-refractivity contribution < 1.29 is 4.39 Å². The minimum atomic E-state index is -0.534. The lowest BCUT2D eigenvalue weighted by atomic mass is 10.1. The molecule has 94 valence electrons. The van der Waals surface area contributed by atoms with Crippen LogP contribution in [0.15, 0.2) is 40.1 Å². The lowest BCUT2D eigenvalue weighted by molar-refractivity contribution is 0.579. The van der Waals surface area contributed by atoms with Crippen LogP contribution in [0.3, 0.4) is 0 Å². The fourth-order valence-corrected chi connectivity index (χ4v) is 1.66. The van der Waals surface area contributed by atoms with E-state index in [-0.39, 0.29) is 17.8 Å². The van der Waals surface area contributed by atoms with Crippen molar-refractivity contribution in [2.75, 3.05) is 5.73 Å². The molecule has 6 heteroatoms. The second kappa shape index (κ2) is 4.48. The van der Waals surface area contributed by atoms with Crippen LogP contribution in [0.1, 0.15) is 5.56 Å². The molecule has 0 aliphatic rings. The lowest BCUT2D eigenvalue weighted by Gasteiger charge is -2.09. The summed E-state index contributed by atoms with van der Waals surface area (Å²) < 4.78 is 15.8. The van der Waals surface area contributed by atoms with Crippen molar-refractivity contribution in [3.8, 4) is 0 Å². The van der Waals surface area contributed by atoms with Gasteiger partial charge in [0.25, 0.3) is 5.56 Å². The van der Waals surface area contributed by atoms with Gasteiger partial charge in [0.15, 0.2) is 0 Å². The number of nitrogens with zero attached hydrogens (tertiary/aromatic N) is 2.